The SMILES string of the molecule is CC(OC(=O)c1nn(-c2ccccc2)c(=O)c2ccccc12)C(=O)NCCc1ccc(F)cc1. The van der Waals surface area contributed by atoms with Crippen molar-refractivity contribution in [3.63, 3.8) is 0 Å². The second kappa shape index (κ2) is 10.1. The second-order valence-corrected chi connectivity index (χ2v) is 7.66. The van der Waals surface area contributed by atoms with Crippen LogP contribution in [0.25, 0.3) is 16.5 Å². The van der Waals surface area contributed by atoms with Crippen LogP contribution in [0, 0.1) is 5.82 Å². The topological polar surface area (TPSA) is 90.3 Å². The van der Waals surface area contributed by atoms with E-state index in [2.05, 4.69) is 10.4 Å². The molecule has 7 nitrogen and oxygen atoms in total. The number of ether oxygens (including phenoxy) is 1. The van der Waals surface area contributed by atoms with Crippen LogP contribution in [0.5, 0.6) is 0 Å². The van der Waals surface area contributed by atoms with E-state index < -0.39 is 18.0 Å². The first-order valence-corrected chi connectivity index (χ1v) is 10.7. The van der Waals surface area contributed by atoms with Crippen LogP contribution >= 0.6 is 0 Å². The Labute approximate surface area is 194 Å². The lowest BCUT2D eigenvalue weighted by Gasteiger charge is -2.15. The fourth-order valence-electron chi connectivity index (χ4n) is 3.48. The van der Waals surface area contributed by atoms with Gasteiger partial charge in [-0.2, -0.15) is 9.78 Å². The molecule has 1 unspecified atom stereocenters. The summed E-state index contributed by atoms with van der Waals surface area (Å²) in [6.45, 7) is 1.76. The third kappa shape index (κ3) is 5.01. The molecule has 1 N–H and O–H groups in total. The Morgan fingerprint density at radius 2 is 1.62 bits per heavy atom. The molecular weight excluding hydrogens is 437 g/mol. The first-order chi connectivity index (χ1) is 16.4. The molecule has 8 heteroatoms. The van der Waals surface area contributed by atoms with E-state index in [1.807, 2.05) is 0 Å². The minimum Gasteiger partial charge on any atom is -0.448 e. The number of carbonyl (C=O) groups excluding carboxylic acids is 2. The van der Waals surface area contributed by atoms with E-state index in [0.29, 0.717) is 29.4 Å². The highest BCUT2D eigenvalue weighted by Crippen LogP contribution is 2.17. The minimum absolute atomic E-state index is 0.0648. The number of hydrogen-bond acceptors (Lipinski definition) is 5. The van der Waals surface area contributed by atoms with E-state index in [4.69, 9.17) is 4.74 Å². The maximum absolute atomic E-state index is 13.0. The number of amides is 1. The van der Waals surface area contributed by atoms with E-state index in [9.17, 15) is 18.8 Å². The minimum atomic E-state index is -1.08. The van der Waals surface area contributed by atoms with Gasteiger partial charge in [0.1, 0.15) is 5.82 Å². The Morgan fingerprint density at radius 1 is 0.971 bits per heavy atom. The van der Waals surface area contributed by atoms with Gasteiger partial charge >= 0.3 is 5.97 Å². The van der Waals surface area contributed by atoms with Crippen LogP contribution in [0.15, 0.2) is 83.7 Å². The smallest absolute Gasteiger partial charge is 0.360 e. The summed E-state index contributed by atoms with van der Waals surface area (Å²) in [5.74, 6) is -1.62. The average molecular weight is 459 g/mol. The Kier molecular flexibility index (Phi) is 6.77. The van der Waals surface area contributed by atoms with Crippen molar-refractivity contribution < 1.29 is 18.7 Å². The standard InChI is InChI=1S/C26H22FN3O4/c1-17(24(31)28-16-15-18-11-13-19(27)14-12-18)34-26(33)23-21-9-5-6-10-22(21)25(32)30(29-23)20-7-3-2-4-8-20/h2-14,17H,15-16H2,1H3,(H,28,31). The lowest BCUT2D eigenvalue weighted by atomic mass is 10.1. The Hall–Kier alpha value is -4.33. The maximum Gasteiger partial charge on any atom is 0.360 e. The van der Waals surface area contributed by atoms with E-state index in [0.717, 1.165) is 10.2 Å². The van der Waals surface area contributed by atoms with Crippen molar-refractivity contribution in [1.82, 2.24) is 15.1 Å². The van der Waals surface area contributed by atoms with Gasteiger partial charge in [-0.3, -0.25) is 9.59 Å². The van der Waals surface area contributed by atoms with Gasteiger partial charge in [-0.15, -0.1) is 0 Å². The Morgan fingerprint density at radius 3 is 2.32 bits per heavy atom. The van der Waals surface area contributed by atoms with Gasteiger partial charge in [0.05, 0.1) is 11.1 Å². The van der Waals surface area contributed by atoms with Crippen LogP contribution in [0.4, 0.5) is 4.39 Å². The van der Waals surface area contributed by atoms with Crippen LogP contribution in [0.1, 0.15) is 23.0 Å². The molecule has 0 aliphatic rings. The summed E-state index contributed by atoms with van der Waals surface area (Å²) >= 11 is 0. The van der Waals surface area contributed by atoms with Gasteiger partial charge < -0.3 is 10.1 Å². The van der Waals surface area contributed by atoms with E-state index >= 15 is 0 Å². The first kappa shape index (κ1) is 22.8. The monoisotopic (exact) mass is 459 g/mol. The van der Waals surface area contributed by atoms with Crippen molar-refractivity contribution in [3.05, 3.63) is 106 Å². The summed E-state index contributed by atoms with van der Waals surface area (Å²) in [4.78, 5) is 38.4. The number of para-hydroxylation sites is 1. The third-order valence-electron chi connectivity index (χ3n) is 5.28. The molecule has 0 saturated carbocycles. The summed E-state index contributed by atoms with van der Waals surface area (Å²) in [5, 5.41) is 7.61. The number of benzene rings is 3. The number of rotatable bonds is 7. The fourth-order valence-corrected chi connectivity index (χ4v) is 3.48. The van der Waals surface area contributed by atoms with Gasteiger partial charge in [0.15, 0.2) is 11.8 Å². The third-order valence-corrected chi connectivity index (χ3v) is 5.28. The van der Waals surface area contributed by atoms with Crippen molar-refractivity contribution in [2.24, 2.45) is 0 Å². The molecule has 4 aromatic rings. The summed E-state index contributed by atoms with van der Waals surface area (Å²) in [6, 6.07) is 21.3. The van der Waals surface area contributed by atoms with Crippen molar-refractivity contribution in [1.29, 1.82) is 0 Å². The van der Waals surface area contributed by atoms with E-state index in [1.165, 1.54) is 19.1 Å². The second-order valence-electron chi connectivity index (χ2n) is 7.66. The van der Waals surface area contributed by atoms with Crippen LogP contribution in [-0.4, -0.2) is 34.3 Å². The normalized spacial score (nSPS) is 11.7. The molecule has 4 rings (SSSR count). The number of nitrogens with one attached hydrogen (secondary N) is 1. The van der Waals surface area contributed by atoms with Gasteiger partial charge in [-0.1, -0.05) is 48.5 Å². The number of halogens is 1. The highest BCUT2D eigenvalue weighted by atomic mass is 19.1. The van der Waals surface area contributed by atoms with Crippen LogP contribution in [-0.2, 0) is 16.0 Å². The predicted octanol–water partition coefficient (Wildman–Crippen LogP) is 3.43. The van der Waals surface area contributed by atoms with Crippen LogP contribution in [0.3, 0.4) is 0 Å². The van der Waals surface area contributed by atoms with Crippen molar-refractivity contribution in [3.8, 4) is 5.69 Å². The number of aromatic nitrogens is 2. The Balaban J connectivity index is 1.50. The molecule has 0 radical (unpaired) electrons. The van der Waals surface area contributed by atoms with Crippen molar-refractivity contribution >= 4 is 22.6 Å². The van der Waals surface area contributed by atoms with Crippen molar-refractivity contribution in [2.75, 3.05) is 6.54 Å². The fraction of sp³-hybridized carbons (Fsp3) is 0.154. The van der Waals surface area contributed by atoms with E-state index in [-0.39, 0.29) is 17.1 Å². The van der Waals surface area contributed by atoms with Crippen molar-refractivity contribution in [2.45, 2.75) is 19.4 Å². The average Bonchev–Trinajstić information content (AvgIpc) is 2.86. The largest absolute Gasteiger partial charge is 0.448 e. The summed E-state index contributed by atoms with van der Waals surface area (Å²) in [7, 11) is 0. The highest BCUT2D eigenvalue weighted by Gasteiger charge is 2.23. The molecule has 0 spiro atoms. The number of esters is 1. The van der Waals surface area contributed by atoms with Gasteiger partial charge in [-0.25, -0.2) is 9.18 Å². The molecule has 1 aromatic heterocycles. The molecule has 34 heavy (non-hydrogen) atoms. The predicted molar refractivity (Wildman–Crippen MR) is 125 cm³/mol. The highest BCUT2D eigenvalue weighted by molar-refractivity contribution is 6.03. The Bertz CT molecular complexity index is 1390. The summed E-state index contributed by atoms with van der Waals surface area (Å²) in [5.41, 5.74) is 0.930. The molecular formula is C26H22FN3O4. The zero-order chi connectivity index (χ0) is 24.1. The quantitative estimate of drug-likeness (QED) is 0.428. The molecule has 1 amide bonds. The molecule has 0 saturated heterocycles. The molecule has 1 heterocycles. The zero-order valence-corrected chi connectivity index (χ0v) is 18.4. The molecule has 0 aliphatic heterocycles. The summed E-state index contributed by atoms with van der Waals surface area (Å²) in [6.07, 6.45) is -0.584. The number of nitrogens with zero attached hydrogens (tertiary/aromatic N) is 2. The lowest BCUT2D eigenvalue weighted by Crippen LogP contribution is -2.37. The zero-order valence-electron chi connectivity index (χ0n) is 18.4. The summed E-state index contributed by atoms with van der Waals surface area (Å²) < 4.78 is 19.5. The molecule has 1 atom stereocenters. The lowest BCUT2D eigenvalue weighted by molar-refractivity contribution is -0.129. The first-order valence-electron chi connectivity index (χ1n) is 10.7. The van der Waals surface area contributed by atoms with Gasteiger partial charge in [0, 0.05) is 11.9 Å². The maximum atomic E-state index is 13.0. The van der Waals surface area contributed by atoms with E-state index in [1.54, 1.807) is 66.7 Å². The number of hydrogen-bond donors (Lipinski definition) is 1. The van der Waals surface area contributed by atoms with Gasteiger partial charge in [0.25, 0.3) is 11.5 Å². The van der Waals surface area contributed by atoms with Gasteiger partial charge in [0.2, 0.25) is 0 Å². The molecule has 0 fully saturated rings. The van der Waals surface area contributed by atoms with Gasteiger partial charge in [-0.05, 0) is 49.2 Å². The van der Waals surface area contributed by atoms with Crippen LogP contribution < -0.4 is 10.9 Å². The van der Waals surface area contributed by atoms with Crippen LogP contribution in [0.2, 0.25) is 0 Å². The molecule has 3 aromatic carbocycles. The number of fused-ring (bicyclic) bond motifs is 1. The molecule has 0 aliphatic carbocycles. The molecule has 172 valence electrons. The number of carbonyl (C=O) groups is 2. The molecule has 0 bridgehead atoms.